The Hall–Kier alpha value is -3.22. The van der Waals surface area contributed by atoms with Crippen molar-refractivity contribution in [3.8, 4) is 5.75 Å². The molecule has 7 heteroatoms. The summed E-state index contributed by atoms with van der Waals surface area (Å²) in [6.45, 7) is 5.30. The molecule has 0 radical (unpaired) electrons. The first-order valence-electron chi connectivity index (χ1n) is 9.28. The number of Topliss-reactive ketones (excluding diaryl/α,β-unsaturated/α-hetero) is 1. The van der Waals surface area contributed by atoms with Crippen LogP contribution in [0.4, 0.5) is 0 Å². The number of nitrogens with zero attached hydrogens (tertiary/aromatic N) is 2. The number of benzene rings is 1. The van der Waals surface area contributed by atoms with Crippen molar-refractivity contribution in [2.24, 2.45) is 0 Å². The number of hydrogen-bond acceptors (Lipinski definition) is 5. The van der Waals surface area contributed by atoms with Crippen molar-refractivity contribution in [2.45, 2.75) is 38.6 Å². The van der Waals surface area contributed by atoms with E-state index in [4.69, 9.17) is 10.1 Å². The third-order valence-electron chi connectivity index (χ3n) is 5.59. The van der Waals surface area contributed by atoms with Gasteiger partial charge in [-0.05, 0) is 38.5 Å². The number of nitrogens with one attached hydrogen (secondary N) is 2. The van der Waals surface area contributed by atoms with Crippen LogP contribution >= 0.6 is 0 Å². The molecule has 1 aliphatic rings. The second kappa shape index (κ2) is 6.44. The Morgan fingerprint density at radius 1 is 1.36 bits per heavy atom. The minimum atomic E-state index is -0.742. The standard InChI is InChI=1S/C21H22N4O3/c1-4-21(16-7-5-6-10-23-16)11-28-19-14(17(12(2)22)13(3)26)8-9-15-18(19)25(21)20(27)24-15/h5-10,17,22H,4,11H2,1-3H3,(H,24,27). The second-order valence-corrected chi connectivity index (χ2v) is 7.26. The van der Waals surface area contributed by atoms with Gasteiger partial charge in [0.1, 0.15) is 29.2 Å². The van der Waals surface area contributed by atoms with E-state index in [0.717, 1.165) is 5.69 Å². The maximum absolute atomic E-state index is 13.0. The van der Waals surface area contributed by atoms with Gasteiger partial charge in [0.2, 0.25) is 0 Å². The van der Waals surface area contributed by atoms with Gasteiger partial charge >= 0.3 is 5.69 Å². The monoisotopic (exact) mass is 378 g/mol. The summed E-state index contributed by atoms with van der Waals surface area (Å²) in [5, 5.41) is 8.06. The van der Waals surface area contributed by atoms with Gasteiger partial charge in [-0.3, -0.25) is 14.3 Å². The van der Waals surface area contributed by atoms with E-state index in [0.29, 0.717) is 28.8 Å². The van der Waals surface area contributed by atoms with Crippen molar-refractivity contribution >= 4 is 22.5 Å². The molecule has 3 aromatic rings. The summed E-state index contributed by atoms with van der Waals surface area (Å²) >= 11 is 0. The summed E-state index contributed by atoms with van der Waals surface area (Å²) in [4.78, 5) is 32.6. The molecule has 0 fully saturated rings. The van der Waals surface area contributed by atoms with E-state index in [1.54, 1.807) is 29.8 Å². The van der Waals surface area contributed by atoms with E-state index >= 15 is 0 Å². The number of aromatic amines is 1. The number of aromatic nitrogens is 3. The van der Waals surface area contributed by atoms with Crippen molar-refractivity contribution < 1.29 is 9.53 Å². The zero-order valence-electron chi connectivity index (χ0n) is 16.1. The van der Waals surface area contributed by atoms with Gasteiger partial charge in [-0.2, -0.15) is 0 Å². The van der Waals surface area contributed by atoms with E-state index in [-0.39, 0.29) is 23.8 Å². The average Bonchev–Trinajstić information content (AvgIpc) is 3.02. The number of ketones is 1. The number of rotatable bonds is 5. The first-order valence-corrected chi connectivity index (χ1v) is 9.28. The molecule has 7 nitrogen and oxygen atoms in total. The fourth-order valence-corrected chi connectivity index (χ4v) is 4.25. The lowest BCUT2D eigenvalue weighted by atomic mass is 9.87. The SMILES string of the molecule is CCC1(c2ccccn2)COc2c(C(C(C)=N)C(C)=O)ccc3[nH]c(=O)n1c23. The zero-order valence-corrected chi connectivity index (χ0v) is 16.1. The molecular weight excluding hydrogens is 356 g/mol. The molecular formula is C21H22N4O3. The highest BCUT2D eigenvalue weighted by atomic mass is 16.5. The predicted molar refractivity (Wildman–Crippen MR) is 106 cm³/mol. The summed E-state index contributed by atoms with van der Waals surface area (Å²) in [6, 6.07) is 9.17. The third kappa shape index (κ3) is 2.42. The number of carbonyl (C=O) groups excluding carboxylic acids is 1. The van der Waals surface area contributed by atoms with Gasteiger partial charge in [0.25, 0.3) is 0 Å². The molecule has 0 saturated carbocycles. The molecule has 0 aliphatic carbocycles. The van der Waals surface area contributed by atoms with E-state index in [2.05, 4.69) is 9.97 Å². The Morgan fingerprint density at radius 2 is 2.14 bits per heavy atom. The molecule has 0 bridgehead atoms. The number of ether oxygens (including phenoxy) is 1. The van der Waals surface area contributed by atoms with Crippen LogP contribution in [0.15, 0.2) is 41.3 Å². The summed E-state index contributed by atoms with van der Waals surface area (Å²) in [7, 11) is 0. The quantitative estimate of drug-likeness (QED) is 0.667. The van der Waals surface area contributed by atoms with Crippen molar-refractivity contribution in [3.05, 3.63) is 58.3 Å². The van der Waals surface area contributed by atoms with Gasteiger partial charge < -0.3 is 15.1 Å². The lowest BCUT2D eigenvalue weighted by Gasteiger charge is -2.38. The number of imidazole rings is 1. The van der Waals surface area contributed by atoms with Crippen LogP contribution in [0, 0.1) is 5.41 Å². The van der Waals surface area contributed by atoms with Crippen LogP contribution in [-0.4, -0.2) is 32.6 Å². The molecule has 3 heterocycles. The molecule has 0 amide bonds. The van der Waals surface area contributed by atoms with Crippen LogP contribution in [-0.2, 0) is 10.3 Å². The van der Waals surface area contributed by atoms with Gasteiger partial charge in [-0.1, -0.05) is 19.1 Å². The Bertz CT molecular complexity index is 1130. The first kappa shape index (κ1) is 18.2. The average molecular weight is 378 g/mol. The second-order valence-electron chi connectivity index (χ2n) is 7.26. The zero-order chi connectivity index (χ0) is 20.1. The van der Waals surface area contributed by atoms with Crippen LogP contribution < -0.4 is 10.4 Å². The van der Waals surface area contributed by atoms with Gasteiger partial charge in [0.05, 0.1) is 17.1 Å². The van der Waals surface area contributed by atoms with Crippen LogP contribution in [0.25, 0.3) is 11.0 Å². The molecule has 28 heavy (non-hydrogen) atoms. The van der Waals surface area contributed by atoms with Crippen LogP contribution in [0.3, 0.4) is 0 Å². The van der Waals surface area contributed by atoms with Gasteiger partial charge in [0, 0.05) is 17.5 Å². The largest absolute Gasteiger partial charge is 0.488 e. The Kier molecular flexibility index (Phi) is 4.18. The Labute approximate surface area is 161 Å². The Balaban J connectivity index is 2.06. The third-order valence-corrected chi connectivity index (χ3v) is 5.59. The molecule has 144 valence electrons. The van der Waals surface area contributed by atoms with Crippen molar-refractivity contribution in [3.63, 3.8) is 0 Å². The molecule has 1 aromatic carbocycles. The highest BCUT2D eigenvalue weighted by molar-refractivity contribution is 6.08. The smallest absolute Gasteiger partial charge is 0.327 e. The first-order chi connectivity index (χ1) is 13.4. The maximum atomic E-state index is 13.0. The Morgan fingerprint density at radius 3 is 2.75 bits per heavy atom. The number of carbonyl (C=O) groups is 1. The van der Waals surface area contributed by atoms with Crippen LogP contribution in [0.1, 0.15) is 44.4 Å². The highest BCUT2D eigenvalue weighted by Gasteiger charge is 2.43. The molecule has 2 N–H and O–H groups in total. The topological polar surface area (TPSA) is 101 Å². The molecule has 2 aromatic heterocycles. The molecule has 4 rings (SSSR count). The molecule has 0 spiro atoms. The van der Waals surface area contributed by atoms with Crippen LogP contribution in [0.5, 0.6) is 5.75 Å². The van der Waals surface area contributed by atoms with Gasteiger partial charge in [-0.25, -0.2) is 4.79 Å². The molecule has 2 unspecified atom stereocenters. The fourth-order valence-electron chi connectivity index (χ4n) is 4.25. The van der Waals surface area contributed by atoms with Crippen LogP contribution in [0.2, 0.25) is 0 Å². The lowest BCUT2D eigenvalue weighted by Crippen LogP contribution is -2.48. The highest BCUT2D eigenvalue weighted by Crippen LogP contribution is 2.43. The van der Waals surface area contributed by atoms with Crippen molar-refractivity contribution in [1.82, 2.24) is 14.5 Å². The minimum Gasteiger partial charge on any atom is -0.488 e. The minimum absolute atomic E-state index is 0.131. The maximum Gasteiger partial charge on any atom is 0.327 e. The summed E-state index contributed by atoms with van der Waals surface area (Å²) in [6.07, 6.45) is 2.32. The molecule has 1 aliphatic heterocycles. The summed E-state index contributed by atoms with van der Waals surface area (Å²) in [5.41, 5.74) is 1.89. The fraction of sp³-hybridized carbons (Fsp3) is 0.333. The summed E-state index contributed by atoms with van der Waals surface area (Å²) in [5.74, 6) is -0.335. The normalized spacial score (nSPS) is 19.2. The predicted octanol–water partition coefficient (Wildman–Crippen LogP) is 2.98. The van der Waals surface area contributed by atoms with E-state index in [1.807, 2.05) is 25.1 Å². The van der Waals surface area contributed by atoms with Gasteiger partial charge in [-0.15, -0.1) is 0 Å². The molecule has 0 saturated heterocycles. The van der Waals surface area contributed by atoms with E-state index in [1.165, 1.54) is 6.92 Å². The number of hydrogen-bond donors (Lipinski definition) is 2. The number of pyridine rings is 1. The van der Waals surface area contributed by atoms with E-state index < -0.39 is 11.5 Å². The number of H-pyrrole nitrogens is 1. The lowest BCUT2D eigenvalue weighted by molar-refractivity contribution is -0.117. The molecule has 2 atom stereocenters. The van der Waals surface area contributed by atoms with E-state index in [9.17, 15) is 9.59 Å². The van der Waals surface area contributed by atoms with Crippen molar-refractivity contribution in [1.29, 1.82) is 5.41 Å². The van der Waals surface area contributed by atoms with Crippen molar-refractivity contribution in [2.75, 3.05) is 6.61 Å². The summed E-state index contributed by atoms with van der Waals surface area (Å²) < 4.78 is 7.93. The van der Waals surface area contributed by atoms with Gasteiger partial charge in [0.15, 0.2) is 0 Å².